The summed E-state index contributed by atoms with van der Waals surface area (Å²) in [5, 5.41) is 12.1. The fraction of sp³-hybridized carbons (Fsp3) is 0.308. The molecule has 0 saturated heterocycles. The van der Waals surface area contributed by atoms with Crippen molar-refractivity contribution in [1.82, 2.24) is 19.6 Å². The molecule has 0 unspecified atom stereocenters. The Kier molecular flexibility index (Phi) is 2.59. The van der Waals surface area contributed by atoms with Crippen LogP contribution in [0.3, 0.4) is 0 Å². The van der Waals surface area contributed by atoms with Crippen LogP contribution in [0.5, 0.6) is 0 Å². The summed E-state index contributed by atoms with van der Waals surface area (Å²) in [6.07, 6.45) is 6.87. The molecule has 0 aromatic carbocycles. The molecule has 6 nitrogen and oxygen atoms in total. The van der Waals surface area contributed by atoms with Crippen LogP contribution in [0, 0.1) is 0 Å². The fourth-order valence-electron chi connectivity index (χ4n) is 2.28. The molecular weight excluding hydrogens is 272 g/mol. The summed E-state index contributed by atoms with van der Waals surface area (Å²) in [5.74, 6) is 0.757. The summed E-state index contributed by atoms with van der Waals surface area (Å²) in [6, 6.07) is 4.27. The third-order valence-electron chi connectivity index (χ3n) is 3.43. The molecule has 1 aliphatic carbocycles. The zero-order chi connectivity index (χ0) is 13.5. The number of aromatic nitrogens is 4. The van der Waals surface area contributed by atoms with Gasteiger partial charge in [-0.1, -0.05) is 17.4 Å². The first-order valence-electron chi connectivity index (χ1n) is 6.58. The van der Waals surface area contributed by atoms with Gasteiger partial charge in [-0.25, -0.2) is 4.98 Å². The number of hydrogen-bond donors (Lipinski definition) is 2. The van der Waals surface area contributed by atoms with Crippen LogP contribution in [0.4, 0.5) is 10.3 Å². The van der Waals surface area contributed by atoms with Crippen molar-refractivity contribution in [3.05, 3.63) is 35.8 Å². The van der Waals surface area contributed by atoms with E-state index in [0.717, 1.165) is 22.4 Å². The minimum Gasteiger partial charge on any atom is -0.374 e. The van der Waals surface area contributed by atoms with Gasteiger partial charge < -0.3 is 15.5 Å². The normalized spacial score (nSPS) is 14.8. The van der Waals surface area contributed by atoms with Gasteiger partial charge in [-0.2, -0.15) is 0 Å². The number of nitrogens with zero attached hydrogens (tertiary/aromatic N) is 4. The summed E-state index contributed by atoms with van der Waals surface area (Å²) in [6.45, 7) is 0.620. The predicted molar refractivity (Wildman–Crippen MR) is 78.8 cm³/mol. The van der Waals surface area contributed by atoms with E-state index >= 15 is 0 Å². The maximum absolute atomic E-state index is 5.54. The van der Waals surface area contributed by atoms with E-state index in [1.165, 1.54) is 29.7 Å². The number of anilines is 2. The van der Waals surface area contributed by atoms with E-state index in [-0.39, 0.29) is 0 Å². The van der Waals surface area contributed by atoms with E-state index in [0.29, 0.717) is 11.7 Å². The maximum atomic E-state index is 5.54. The lowest BCUT2D eigenvalue weighted by Gasteiger charge is -1.98. The van der Waals surface area contributed by atoms with Crippen LogP contribution in [-0.4, -0.2) is 19.6 Å². The van der Waals surface area contributed by atoms with E-state index in [1.807, 2.05) is 0 Å². The molecule has 0 atom stereocenters. The highest BCUT2D eigenvalue weighted by molar-refractivity contribution is 7.18. The molecule has 3 heterocycles. The molecule has 0 amide bonds. The Labute approximate surface area is 119 Å². The van der Waals surface area contributed by atoms with Gasteiger partial charge in [-0.05, 0) is 30.4 Å². The number of nitrogen functional groups attached to an aromatic ring is 1. The number of rotatable bonds is 4. The molecule has 7 heteroatoms. The van der Waals surface area contributed by atoms with Crippen LogP contribution in [0.15, 0.2) is 24.5 Å². The zero-order valence-corrected chi connectivity index (χ0v) is 11.6. The second-order valence-corrected chi connectivity index (χ2v) is 6.04. The van der Waals surface area contributed by atoms with Gasteiger partial charge in [0.25, 0.3) is 0 Å². The van der Waals surface area contributed by atoms with Crippen molar-refractivity contribution in [2.45, 2.75) is 25.3 Å². The van der Waals surface area contributed by atoms with Crippen molar-refractivity contribution in [2.75, 3.05) is 11.1 Å². The van der Waals surface area contributed by atoms with Gasteiger partial charge >= 0.3 is 0 Å². The van der Waals surface area contributed by atoms with Crippen LogP contribution >= 0.6 is 11.3 Å². The van der Waals surface area contributed by atoms with Crippen molar-refractivity contribution in [3.63, 3.8) is 0 Å². The monoisotopic (exact) mass is 286 g/mol. The highest BCUT2D eigenvalue weighted by Crippen LogP contribution is 2.39. The van der Waals surface area contributed by atoms with Crippen LogP contribution in [0.1, 0.15) is 30.0 Å². The van der Waals surface area contributed by atoms with Crippen molar-refractivity contribution < 1.29 is 0 Å². The van der Waals surface area contributed by atoms with Crippen LogP contribution in [0.2, 0.25) is 0 Å². The number of nitrogens with two attached hydrogens (primary N) is 1. The molecule has 1 saturated carbocycles. The largest absolute Gasteiger partial charge is 0.374 e. The summed E-state index contributed by atoms with van der Waals surface area (Å²) in [7, 11) is 0. The Morgan fingerprint density at radius 3 is 2.95 bits per heavy atom. The van der Waals surface area contributed by atoms with Gasteiger partial charge in [0, 0.05) is 12.4 Å². The standard InChI is InChI=1S/C13H14N6S/c14-12-17-18-13(20-12)15-5-10-7-19-6-9(8-1-2-8)3-4-11(19)16-10/h3-4,6-8H,1-2,5H2,(H2,14,17)(H,15,18). The molecule has 3 aromatic rings. The lowest BCUT2D eigenvalue weighted by Crippen LogP contribution is -1.98. The van der Waals surface area contributed by atoms with Gasteiger partial charge in [0.15, 0.2) is 0 Å². The highest BCUT2D eigenvalue weighted by Gasteiger charge is 2.23. The summed E-state index contributed by atoms with van der Waals surface area (Å²) < 4.78 is 2.10. The summed E-state index contributed by atoms with van der Waals surface area (Å²) in [5.41, 5.74) is 8.91. The zero-order valence-electron chi connectivity index (χ0n) is 10.8. The Hall–Kier alpha value is -2.15. The Bertz CT molecular complexity index is 757. The molecule has 3 N–H and O–H groups in total. The number of fused-ring (bicyclic) bond motifs is 1. The molecule has 102 valence electrons. The van der Waals surface area contributed by atoms with Crippen molar-refractivity contribution in [1.29, 1.82) is 0 Å². The number of hydrogen-bond acceptors (Lipinski definition) is 6. The van der Waals surface area contributed by atoms with Crippen LogP contribution in [-0.2, 0) is 6.54 Å². The van der Waals surface area contributed by atoms with E-state index in [1.54, 1.807) is 0 Å². The Balaban J connectivity index is 1.54. The lowest BCUT2D eigenvalue weighted by atomic mass is 10.2. The lowest BCUT2D eigenvalue weighted by molar-refractivity contribution is 1.03. The average molecular weight is 286 g/mol. The van der Waals surface area contributed by atoms with E-state index < -0.39 is 0 Å². The topological polar surface area (TPSA) is 81.1 Å². The van der Waals surface area contributed by atoms with Crippen LogP contribution in [0.25, 0.3) is 5.65 Å². The van der Waals surface area contributed by atoms with E-state index in [9.17, 15) is 0 Å². The number of nitrogens with one attached hydrogen (secondary N) is 1. The molecule has 0 aliphatic heterocycles. The van der Waals surface area contributed by atoms with E-state index in [2.05, 4.69) is 49.4 Å². The first kappa shape index (κ1) is 11.7. The van der Waals surface area contributed by atoms with Crippen molar-refractivity contribution in [2.24, 2.45) is 0 Å². The molecule has 0 bridgehead atoms. The number of imidazole rings is 1. The molecule has 0 spiro atoms. The molecule has 1 fully saturated rings. The smallest absolute Gasteiger partial charge is 0.207 e. The van der Waals surface area contributed by atoms with Crippen molar-refractivity contribution >= 4 is 27.2 Å². The highest BCUT2D eigenvalue weighted by atomic mass is 32.1. The third-order valence-corrected chi connectivity index (χ3v) is 4.14. The first-order chi connectivity index (χ1) is 9.78. The second-order valence-electron chi connectivity index (χ2n) is 5.03. The van der Waals surface area contributed by atoms with E-state index in [4.69, 9.17) is 5.73 Å². The van der Waals surface area contributed by atoms with Gasteiger partial charge in [0.2, 0.25) is 10.3 Å². The molecule has 3 aromatic heterocycles. The van der Waals surface area contributed by atoms with Gasteiger partial charge in [0.1, 0.15) is 5.65 Å². The van der Waals surface area contributed by atoms with Crippen molar-refractivity contribution in [3.8, 4) is 0 Å². The predicted octanol–water partition coefficient (Wildman–Crippen LogP) is 2.26. The van der Waals surface area contributed by atoms with Crippen LogP contribution < -0.4 is 11.1 Å². The molecule has 1 aliphatic rings. The molecule has 20 heavy (non-hydrogen) atoms. The quantitative estimate of drug-likeness (QED) is 0.769. The third kappa shape index (κ3) is 2.20. The Morgan fingerprint density at radius 1 is 1.30 bits per heavy atom. The summed E-state index contributed by atoms with van der Waals surface area (Å²) >= 11 is 1.34. The first-order valence-corrected chi connectivity index (χ1v) is 7.40. The molecule has 4 rings (SSSR count). The Morgan fingerprint density at radius 2 is 2.20 bits per heavy atom. The van der Waals surface area contributed by atoms with Gasteiger partial charge in [-0.15, -0.1) is 10.2 Å². The van der Waals surface area contributed by atoms with Gasteiger partial charge in [-0.3, -0.25) is 0 Å². The second kappa shape index (κ2) is 4.45. The number of pyridine rings is 1. The summed E-state index contributed by atoms with van der Waals surface area (Å²) in [4.78, 5) is 4.58. The fourth-order valence-corrected chi connectivity index (χ4v) is 2.78. The minimum atomic E-state index is 0.469. The van der Waals surface area contributed by atoms with Gasteiger partial charge in [0.05, 0.1) is 12.2 Å². The SMILES string of the molecule is Nc1nnc(NCc2cn3cc(C4CC4)ccc3n2)s1. The minimum absolute atomic E-state index is 0.469. The molecule has 0 radical (unpaired) electrons. The molecular formula is C13H14N6S. The average Bonchev–Trinajstić information content (AvgIpc) is 3.09. The maximum Gasteiger partial charge on any atom is 0.207 e.